The van der Waals surface area contributed by atoms with Crippen molar-refractivity contribution in [1.82, 2.24) is 0 Å². The van der Waals surface area contributed by atoms with E-state index in [4.69, 9.17) is 5.41 Å². The lowest BCUT2D eigenvalue weighted by Gasteiger charge is -2.15. The van der Waals surface area contributed by atoms with Crippen LogP contribution in [0.15, 0.2) is 0 Å². The quantitative estimate of drug-likeness (QED) is 0.275. The fraction of sp³-hybridized carbons (Fsp3) is 0.200. The van der Waals surface area contributed by atoms with E-state index < -0.39 is 11.3 Å². The van der Waals surface area contributed by atoms with Gasteiger partial charge in [0, 0.05) is 5.90 Å². The largest absolute Gasteiger partial charge is 0.858 e. The second-order valence-corrected chi connectivity index (χ2v) is 1.61. The fourth-order valence-corrected chi connectivity index (χ4v) is 0. The van der Waals surface area contributed by atoms with E-state index in [0.717, 1.165) is 0 Å². The van der Waals surface area contributed by atoms with E-state index >= 15 is 0 Å². The molecule has 0 aliphatic rings. The van der Waals surface area contributed by atoms with Crippen LogP contribution in [0.25, 0.3) is 0 Å². The topological polar surface area (TPSA) is 46.9 Å². The maximum absolute atomic E-state index is 9.94. The Morgan fingerprint density at radius 3 is 1.86 bits per heavy atom. The molecule has 0 aromatic rings. The predicted octanol–water partition coefficient (Wildman–Crippen LogP) is -0.187. The van der Waals surface area contributed by atoms with E-state index in [9.17, 15) is 5.11 Å². The number of hydrogen-bond acceptors (Lipinski definition) is 2. The number of rotatable bonds is 1. The van der Waals surface area contributed by atoms with Crippen LogP contribution in [0.3, 0.4) is 0 Å². The molecule has 0 spiro atoms. The summed E-state index contributed by atoms with van der Waals surface area (Å²) in [5, 5.41) is 16.3. The molecule has 0 heterocycles. The molecule has 0 atom stereocenters. The third kappa shape index (κ3) is 1.98. The lowest BCUT2D eigenvalue weighted by molar-refractivity contribution is -0.226. The SMILES string of the molecule is [CH2+]C([CH2+])([CH2-])C(=N)[O-]. The summed E-state index contributed by atoms with van der Waals surface area (Å²) in [6, 6.07) is 0. The molecule has 0 aromatic heterocycles. The second kappa shape index (κ2) is 1.37. The Labute approximate surface area is 43.7 Å². The van der Waals surface area contributed by atoms with Gasteiger partial charge in [0.05, 0.1) is 13.8 Å². The summed E-state index contributed by atoms with van der Waals surface area (Å²) in [4.78, 5) is 0. The standard InChI is InChI=1S/C5H7NO/c1-5(2,3)4(6)7/h1-3H2,(H-,6,7). The minimum Gasteiger partial charge on any atom is -0.858 e. The Kier molecular flexibility index (Phi) is 1.22. The van der Waals surface area contributed by atoms with Gasteiger partial charge in [-0.25, -0.2) is 6.92 Å². The van der Waals surface area contributed by atoms with Crippen molar-refractivity contribution in [2.45, 2.75) is 0 Å². The van der Waals surface area contributed by atoms with E-state index in [1.807, 2.05) is 0 Å². The van der Waals surface area contributed by atoms with Crippen molar-refractivity contribution in [3.63, 3.8) is 0 Å². The molecule has 0 amide bonds. The number of hydrogen-bond donors (Lipinski definition) is 1. The van der Waals surface area contributed by atoms with Crippen molar-refractivity contribution >= 4 is 5.90 Å². The zero-order valence-electron chi connectivity index (χ0n) is 4.03. The Balaban J connectivity index is 3.79. The van der Waals surface area contributed by atoms with E-state index in [0.29, 0.717) is 0 Å². The molecule has 0 aliphatic heterocycles. The normalized spacial score (nSPS) is 11.0. The highest BCUT2D eigenvalue weighted by atomic mass is 16.3. The molecule has 0 unspecified atom stereocenters. The summed E-state index contributed by atoms with van der Waals surface area (Å²) < 4.78 is 0. The molecule has 0 radical (unpaired) electrons. The van der Waals surface area contributed by atoms with Crippen LogP contribution in [0.4, 0.5) is 0 Å². The third-order valence-corrected chi connectivity index (χ3v) is 0.482. The van der Waals surface area contributed by atoms with Gasteiger partial charge in [0.25, 0.3) is 0 Å². The number of nitrogens with one attached hydrogen (secondary N) is 1. The predicted molar refractivity (Wildman–Crippen MR) is 26.2 cm³/mol. The van der Waals surface area contributed by atoms with Gasteiger partial charge in [0.1, 0.15) is 5.41 Å². The summed E-state index contributed by atoms with van der Waals surface area (Å²) in [6.07, 6.45) is 0. The van der Waals surface area contributed by atoms with Crippen molar-refractivity contribution in [2.75, 3.05) is 0 Å². The molecule has 0 aromatic carbocycles. The van der Waals surface area contributed by atoms with Crippen LogP contribution in [0.1, 0.15) is 0 Å². The zero-order valence-corrected chi connectivity index (χ0v) is 4.03. The molecule has 0 fully saturated rings. The summed E-state index contributed by atoms with van der Waals surface area (Å²) >= 11 is 0. The molecule has 38 valence electrons. The van der Waals surface area contributed by atoms with Crippen LogP contribution in [-0.2, 0) is 0 Å². The van der Waals surface area contributed by atoms with Gasteiger partial charge < -0.3 is 10.5 Å². The maximum atomic E-state index is 9.94. The first kappa shape index (κ1) is 6.21. The van der Waals surface area contributed by atoms with Gasteiger partial charge in [-0.3, -0.25) is 0 Å². The van der Waals surface area contributed by atoms with Crippen molar-refractivity contribution in [1.29, 1.82) is 5.41 Å². The van der Waals surface area contributed by atoms with Crippen molar-refractivity contribution in [3.05, 3.63) is 20.8 Å². The maximum Gasteiger partial charge on any atom is 0.146 e. The molecule has 0 aliphatic carbocycles. The smallest absolute Gasteiger partial charge is 0.146 e. The van der Waals surface area contributed by atoms with Crippen LogP contribution in [0, 0.1) is 31.6 Å². The molecule has 0 rings (SSSR count). The Morgan fingerprint density at radius 1 is 1.71 bits per heavy atom. The summed E-state index contributed by atoms with van der Waals surface area (Å²) in [7, 11) is 0. The molecular weight excluding hydrogens is 90.1 g/mol. The molecule has 2 nitrogen and oxygen atoms in total. The molecule has 1 N–H and O–H groups in total. The first-order chi connectivity index (χ1) is 2.94. The molecule has 0 saturated heterocycles. The minimum absolute atomic E-state index is 0.840. The van der Waals surface area contributed by atoms with Gasteiger partial charge >= 0.3 is 0 Å². The first-order valence-electron chi connectivity index (χ1n) is 1.76. The highest BCUT2D eigenvalue weighted by molar-refractivity contribution is 5.77. The van der Waals surface area contributed by atoms with E-state index in [2.05, 4.69) is 20.8 Å². The van der Waals surface area contributed by atoms with E-state index in [-0.39, 0.29) is 0 Å². The molecule has 7 heavy (non-hydrogen) atoms. The summed E-state index contributed by atoms with van der Waals surface area (Å²) in [5.41, 5.74) is -1.22. The van der Waals surface area contributed by atoms with Gasteiger partial charge in [-0.05, 0) is 0 Å². The van der Waals surface area contributed by atoms with Gasteiger partial charge in [0.15, 0.2) is 0 Å². The highest BCUT2D eigenvalue weighted by Crippen LogP contribution is 2.07. The average Bonchev–Trinajstić information content (AvgIpc) is 1.31. The minimum atomic E-state index is -1.22. The molecule has 0 bridgehead atoms. The monoisotopic (exact) mass is 97.1 g/mol. The third-order valence-electron chi connectivity index (χ3n) is 0.482. The van der Waals surface area contributed by atoms with Gasteiger partial charge in [-0.15, -0.1) is 0 Å². The summed E-state index contributed by atoms with van der Waals surface area (Å²) in [5.74, 6) is -0.840. The zero-order chi connectivity index (χ0) is 6.08. The van der Waals surface area contributed by atoms with Crippen LogP contribution in [0.5, 0.6) is 0 Å². The Bertz CT molecular complexity index is 80.6. The van der Waals surface area contributed by atoms with Crippen molar-refractivity contribution in [2.24, 2.45) is 5.41 Å². The first-order valence-corrected chi connectivity index (χ1v) is 1.76. The van der Waals surface area contributed by atoms with Crippen molar-refractivity contribution in [3.8, 4) is 0 Å². The lowest BCUT2D eigenvalue weighted by Crippen LogP contribution is -2.31. The second-order valence-electron chi connectivity index (χ2n) is 1.61. The van der Waals surface area contributed by atoms with Crippen LogP contribution < -0.4 is 5.11 Å². The highest BCUT2D eigenvalue weighted by Gasteiger charge is 2.16. The van der Waals surface area contributed by atoms with Crippen molar-refractivity contribution < 1.29 is 5.11 Å². The van der Waals surface area contributed by atoms with Gasteiger partial charge in [0.2, 0.25) is 0 Å². The van der Waals surface area contributed by atoms with Gasteiger partial charge in [-0.1, -0.05) is 0 Å². The lowest BCUT2D eigenvalue weighted by atomic mass is 9.97. The van der Waals surface area contributed by atoms with Gasteiger partial charge in [-0.2, -0.15) is 0 Å². The van der Waals surface area contributed by atoms with E-state index in [1.165, 1.54) is 0 Å². The van der Waals surface area contributed by atoms with Crippen LogP contribution in [0.2, 0.25) is 0 Å². The Hall–Kier alpha value is -0.790. The fourth-order valence-electron chi connectivity index (χ4n) is 0. The molecule has 0 saturated carbocycles. The average molecular weight is 97.1 g/mol. The van der Waals surface area contributed by atoms with E-state index in [1.54, 1.807) is 0 Å². The Morgan fingerprint density at radius 2 is 1.86 bits per heavy atom. The molecule has 2 heteroatoms. The van der Waals surface area contributed by atoms with Crippen LogP contribution in [-0.4, -0.2) is 5.90 Å². The summed E-state index contributed by atoms with van der Waals surface area (Å²) in [6.45, 7) is 9.63. The molecular formula is C5H7NO. The van der Waals surface area contributed by atoms with Crippen LogP contribution >= 0.6 is 0 Å².